The fourth-order valence-corrected chi connectivity index (χ4v) is 4.00. The largest absolute Gasteiger partial charge is 0.358 e. The van der Waals surface area contributed by atoms with E-state index in [9.17, 15) is 9.59 Å². The molecule has 7 heteroatoms. The van der Waals surface area contributed by atoms with Crippen LogP contribution in [0.4, 0.5) is 0 Å². The molecule has 0 unspecified atom stereocenters. The molecule has 0 aliphatic carbocycles. The molecule has 0 bridgehead atoms. The van der Waals surface area contributed by atoms with E-state index in [1.165, 1.54) is 0 Å². The highest BCUT2D eigenvalue weighted by molar-refractivity contribution is 6.32. The van der Waals surface area contributed by atoms with E-state index in [0.717, 1.165) is 27.9 Å². The number of amides is 1. The van der Waals surface area contributed by atoms with Crippen LogP contribution >= 0.6 is 23.2 Å². The number of rotatable bonds is 4. The average Bonchev–Trinajstić information content (AvgIpc) is 2.71. The van der Waals surface area contributed by atoms with E-state index in [1.54, 1.807) is 24.3 Å². The number of halogens is 2. The van der Waals surface area contributed by atoms with Crippen LogP contribution in [-0.4, -0.2) is 28.9 Å². The molecule has 1 aliphatic rings. The van der Waals surface area contributed by atoms with Gasteiger partial charge in [0.25, 0.3) is 0 Å². The number of nitrogens with zero attached hydrogens (tertiary/aromatic N) is 1. The van der Waals surface area contributed by atoms with Crippen LogP contribution in [0.3, 0.4) is 0 Å². The van der Waals surface area contributed by atoms with E-state index in [1.807, 2.05) is 24.0 Å². The average molecular weight is 430 g/mol. The second-order valence-electron chi connectivity index (χ2n) is 7.37. The zero-order valence-electron chi connectivity index (χ0n) is 16.0. The first kappa shape index (κ1) is 20.0. The minimum absolute atomic E-state index is 0.0137. The molecule has 4 rings (SSSR count). The van der Waals surface area contributed by atoms with Gasteiger partial charge in [-0.1, -0.05) is 35.3 Å². The molecule has 0 saturated carbocycles. The third-order valence-electron chi connectivity index (χ3n) is 5.39. The Morgan fingerprint density at radius 3 is 2.69 bits per heavy atom. The molecular weight excluding hydrogens is 409 g/mol. The first-order valence-corrected chi connectivity index (χ1v) is 10.2. The Hall–Kier alpha value is -2.34. The van der Waals surface area contributed by atoms with Crippen molar-refractivity contribution in [2.45, 2.75) is 26.4 Å². The van der Waals surface area contributed by atoms with Gasteiger partial charge in [-0.05, 0) is 42.3 Å². The summed E-state index contributed by atoms with van der Waals surface area (Å²) in [6.07, 6.45) is 0.691. The predicted octanol–water partition coefficient (Wildman–Crippen LogP) is 3.82. The Morgan fingerprint density at radius 2 is 1.93 bits per heavy atom. The summed E-state index contributed by atoms with van der Waals surface area (Å²) in [5.41, 5.74) is 4.36. The van der Waals surface area contributed by atoms with Crippen LogP contribution in [0.15, 0.2) is 41.2 Å². The summed E-state index contributed by atoms with van der Waals surface area (Å²) in [6, 6.07) is 10.9. The number of pyridine rings is 1. The molecule has 0 spiro atoms. The molecule has 150 valence electrons. The van der Waals surface area contributed by atoms with E-state index >= 15 is 0 Å². The molecular formula is C22H21Cl2N3O2. The van der Waals surface area contributed by atoms with Crippen molar-refractivity contribution >= 4 is 40.0 Å². The van der Waals surface area contributed by atoms with Gasteiger partial charge >= 0.3 is 0 Å². The number of carbonyl (C=O) groups is 1. The Kier molecular flexibility index (Phi) is 5.63. The fraction of sp³-hybridized carbons (Fsp3) is 0.273. The van der Waals surface area contributed by atoms with Crippen LogP contribution in [0.25, 0.3) is 10.9 Å². The van der Waals surface area contributed by atoms with Crippen molar-refractivity contribution in [3.8, 4) is 0 Å². The number of aryl methyl sites for hydroxylation is 1. The molecule has 0 atom stereocenters. The molecule has 1 amide bonds. The van der Waals surface area contributed by atoms with E-state index in [2.05, 4.69) is 10.3 Å². The van der Waals surface area contributed by atoms with Gasteiger partial charge in [-0.15, -0.1) is 0 Å². The van der Waals surface area contributed by atoms with Crippen LogP contribution in [0.1, 0.15) is 22.4 Å². The molecule has 2 aromatic carbocycles. The van der Waals surface area contributed by atoms with Gasteiger partial charge in [0.1, 0.15) is 0 Å². The highest BCUT2D eigenvalue weighted by atomic mass is 35.5. The quantitative estimate of drug-likeness (QED) is 0.662. The van der Waals surface area contributed by atoms with Gasteiger partial charge in [-0.25, -0.2) is 0 Å². The molecule has 29 heavy (non-hydrogen) atoms. The van der Waals surface area contributed by atoms with Crippen molar-refractivity contribution < 1.29 is 4.79 Å². The number of carbonyl (C=O) groups excluding carboxylic acids is 1. The highest BCUT2D eigenvalue weighted by Gasteiger charge is 2.23. The zero-order chi connectivity index (χ0) is 20.5. The summed E-state index contributed by atoms with van der Waals surface area (Å²) >= 11 is 12.1. The Labute approximate surface area is 178 Å². The number of benzene rings is 2. The standard InChI is InChI=1S/C22H21Cl2N3O2/c1-13-18(24)7-6-16-21(13)26-19-8-9-27(11-17(19)22(16)29)12-20(28)25-10-14-2-4-15(23)5-3-14/h2-7H,8-12H2,1H3,(H,25,28)(H,26,29). The number of fused-ring (bicyclic) bond motifs is 2. The molecule has 0 radical (unpaired) electrons. The lowest BCUT2D eigenvalue weighted by atomic mass is 10.0. The van der Waals surface area contributed by atoms with Crippen molar-refractivity contribution in [1.29, 1.82) is 0 Å². The van der Waals surface area contributed by atoms with Gasteiger partial charge < -0.3 is 10.3 Å². The summed E-state index contributed by atoms with van der Waals surface area (Å²) in [4.78, 5) is 30.8. The van der Waals surface area contributed by atoms with Crippen molar-refractivity contribution in [3.63, 3.8) is 0 Å². The SMILES string of the molecule is Cc1c(Cl)ccc2c(=O)c3c([nH]c12)CCN(CC(=O)NCc1ccc(Cl)cc1)C3. The van der Waals surface area contributed by atoms with Crippen molar-refractivity contribution in [2.24, 2.45) is 0 Å². The maximum atomic E-state index is 13.0. The third kappa shape index (κ3) is 4.17. The Morgan fingerprint density at radius 1 is 1.17 bits per heavy atom. The minimum atomic E-state index is -0.0664. The normalized spacial score (nSPS) is 14.0. The fourth-order valence-electron chi connectivity index (χ4n) is 3.71. The van der Waals surface area contributed by atoms with Gasteiger partial charge in [-0.2, -0.15) is 0 Å². The van der Waals surface area contributed by atoms with E-state index in [-0.39, 0.29) is 17.9 Å². The highest BCUT2D eigenvalue weighted by Crippen LogP contribution is 2.25. The maximum Gasteiger partial charge on any atom is 0.234 e. The molecule has 0 saturated heterocycles. The second kappa shape index (κ2) is 8.19. The number of H-pyrrole nitrogens is 1. The molecule has 1 aromatic heterocycles. The molecule has 2 N–H and O–H groups in total. The summed E-state index contributed by atoms with van der Waals surface area (Å²) < 4.78 is 0. The monoisotopic (exact) mass is 429 g/mol. The summed E-state index contributed by atoms with van der Waals surface area (Å²) in [7, 11) is 0. The van der Waals surface area contributed by atoms with Crippen LogP contribution in [0, 0.1) is 6.92 Å². The third-order valence-corrected chi connectivity index (χ3v) is 6.05. The molecule has 1 aliphatic heterocycles. The van der Waals surface area contributed by atoms with Gasteiger partial charge in [0.15, 0.2) is 5.43 Å². The molecule has 5 nitrogen and oxygen atoms in total. The molecule has 0 fully saturated rings. The van der Waals surface area contributed by atoms with E-state index < -0.39 is 0 Å². The summed E-state index contributed by atoms with van der Waals surface area (Å²) in [5.74, 6) is -0.0664. The van der Waals surface area contributed by atoms with E-state index in [4.69, 9.17) is 23.2 Å². The molecule has 3 aromatic rings. The number of aromatic amines is 1. The van der Waals surface area contributed by atoms with Gasteiger partial charge in [0.05, 0.1) is 12.1 Å². The number of hydrogen-bond donors (Lipinski definition) is 2. The van der Waals surface area contributed by atoms with Crippen molar-refractivity contribution in [1.82, 2.24) is 15.2 Å². The van der Waals surface area contributed by atoms with Crippen molar-refractivity contribution in [3.05, 3.63) is 79.1 Å². The van der Waals surface area contributed by atoms with Crippen LogP contribution in [-0.2, 0) is 24.3 Å². The topological polar surface area (TPSA) is 65.2 Å². The van der Waals surface area contributed by atoms with Crippen LogP contribution in [0.2, 0.25) is 10.0 Å². The van der Waals surface area contributed by atoms with Gasteiger partial charge in [-0.3, -0.25) is 14.5 Å². The van der Waals surface area contributed by atoms with Crippen LogP contribution < -0.4 is 10.7 Å². The summed E-state index contributed by atoms with van der Waals surface area (Å²) in [5, 5.41) is 4.87. The predicted molar refractivity (Wildman–Crippen MR) is 117 cm³/mol. The zero-order valence-corrected chi connectivity index (χ0v) is 17.5. The Bertz CT molecular complexity index is 1140. The number of aromatic nitrogens is 1. The van der Waals surface area contributed by atoms with Gasteiger partial charge in [0, 0.05) is 52.7 Å². The number of nitrogens with one attached hydrogen (secondary N) is 2. The number of hydrogen-bond acceptors (Lipinski definition) is 3. The smallest absolute Gasteiger partial charge is 0.234 e. The van der Waals surface area contributed by atoms with Gasteiger partial charge in [0.2, 0.25) is 5.91 Å². The second-order valence-corrected chi connectivity index (χ2v) is 8.21. The first-order valence-electron chi connectivity index (χ1n) is 9.48. The first-order chi connectivity index (χ1) is 13.9. The molecule has 2 heterocycles. The van der Waals surface area contributed by atoms with Crippen LogP contribution in [0.5, 0.6) is 0 Å². The van der Waals surface area contributed by atoms with Crippen molar-refractivity contribution in [2.75, 3.05) is 13.1 Å². The summed E-state index contributed by atoms with van der Waals surface area (Å²) in [6.45, 7) is 3.78. The Balaban J connectivity index is 1.46. The minimum Gasteiger partial charge on any atom is -0.358 e. The lowest BCUT2D eigenvalue weighted by Gasteiger charge is -2.28. The maximum absolute atomic E-state index is 13.0. The lowest BCUT2D eigenvalue weighted by molar-refractivity contribution is -0.122. The lowest BCUT2D eigenvalue weighted by Crippen LogP contribution is -2.41. The van der Waals surface area contributed by atoms with E-state index in [0.29, 0.717) is 41.5 Å².